The number of anilines is 1. The van der Waals surface area contributed by atoms with Gasteiger partial charge in [0.05, 0.1) is 6.26 Å². The van der Waals surface area contributed by atoms with Gasteiger partial charge in [-0.1, -0.05) is 15.9 Å². The van der Waals surface area contributed by atoms with Crippen LogP contribution in [0.3, 0.4) is 0 Å². The zero-order chi connectivity index (χ0) is 22.5. The Bertz CT molecular complexity index is 978. The number of ether oxygens (including phenoxy) is 3. The summed E-state index contributed by atoms with van der Waals surface area (Å²) in [7, 11) is -4.00. The topological polar surface area (TPSA) is 163 Å². The van der Waals surface area contributed by atoms with Crippen LogP contribution in [0.25, 0.3) is 6.08 Å². The number of H-pyrrole nitrogens is 1. The molecule has 0 amide bonds. The van der Waals surface area contributed by atoms with E-state index >= 15 is 0 Å². The lowest BCUT2D eigenvalue weighted by Crippen LogP contribution is -2.43. The van der Waals surface area contributed by atoms with Gasteiger partial charge < -0.3 is 24.5 Å². The molecule has 14 heteroatoms. The molecule has 0 saturated carbocycles. The Kier molecular flexibility index (Phi) is 8.11. The molecule has 2 rings (SSSR count). The fourth-order valence-corrected chi connectivity index (χ4v) is 3.59. The first kappa shape index (κ1) is 24.0. The Morgan fingerprint density at radius 1 is 1.33 bits per heavy atom. The van der Waals surface area contributed by atoms with Gasteiger partial charge in [0.15, 0.2) is 12.3 Å². The van der Waals surface area contributed by atoms with E-state index in [1.807, 2.05) is 0 Å². The van der Waals surface area contributed by atoms with E-state index in [0.29, 0.717) is 5.56 Å². The summed E-state index contributed by atoms with van der Waals surface area (Å²) in [5.74, 6) is -1.29. The van der Waals surface area contributed by atoms with Crippen LogP contribution in [-0.4, -0.2) is 67.7 Å². The van der Waals surface area contributed by atoms with Crippen molar-refractivity contribution in [1.29, 1.82) is 0 Å². The van der Waals surface area contributed by atoms with Crippen molar-refractivity contribution in [3.05, 3.63) is 27.2 Å². The van der Waals surface area contributed by atoms with Crippen LogP contribution in [0.2, 0.25) is 0 Å². The number of aromatic nitrogens is 2. The third-order valence-corrected chi connectivity index (χ3v) is 4.54. The highest BCUT2D eigenvalue weighted by Gasteiger charge is 2.50. The lowest BCUT2D eigenvalue weighted by atomic mass is 10.1. The van der Waals surface area contributed by atoms with Gasteiger partial charge in [0.25, 0.3) is 10.1 Å². The van der Waals surface area contributed by atoms with Gasteiger partial charge >= 0.3 is 17.6 Å². The van der Waals surface area contributed by atoms with Gasteiger partial charge in [-0.2, -0.15) is 13.4 Å². The third kappa shape index (κ3) is 6.90. The van der Waals surface area contributed by atoms with Crippen molar-refractivity contribution in [2.45, 2.75) is 38.4 Å². The third-order valence-electron chi connectivity index (χ3n) is 3.71. The SMILES string of the molecule is CC(=O)OC[C@H]1O[C@@H](Nc2nc(=O)[nH]cc2C=CBr)[C@H](OC(C)=O)[C@H]1OS(C)(=O)=O. The monoisotopic (exact) mass is 509 g/mol. The molecule has 1 saturated heterocycles. The van der Waals surface area contributed by atoms with Gasteiger partial charge in [-0.05, 0) is 11.1 Å². The molecule has 1 fully saturated rings. The summed E-state index contributed by atoms with van der Waals surface area (Å²) in [5.41, 5.74) is -0.215. The normalized spacial score (nSPS) is 24.0. The number of esters is 2. The van der Waals surface area contributed by atoms with Gasteiger partial charge in [0, 0.05) is 25.6 Å². The Balaban J connectivity index is 2.40. The standard InChI is InChI=1S/C16H20BrN3O9S/c1-8(21)26-7-11-12(29-30(3,24)25)13(27-9(2)22)15(28-11)19-14-10(4-5-17)6-18-16(23)20-14/h4-6,11-13,15H,7H2,1-3H3,(H2,18,19,20,23)/t11-,12+,13-,15-/m1/s1. The van der Waals surface area contributed by atoms with E-state index in [1.54, 1.807) is 6.08 Å². The van der Waals surface area contributed by atoms with Gasteiger partial charge in [-0.3, -0.25) is 13.8 Å². The van der Waals surface area contributed by atoms with Crippen molar-refractivity contribution in [1.82, 2.24) is 9.97 Å². The van der Waals surface area contributed by atoms with Gasteiger partial charge in [0.2, 0.25) is 0 Å². The number of nitrogens with one attached hydrogen (secondary N) is 2. The molecule has 166 valence electrons. The molecule has 0 unspecified atom stereocenters. The van der Waals surface area contributed by atoms with E-state index in [0.717, 1.165) is 13.2 Å². The fraction of sp³-hybridized carbons (Fsp3) is 0.500. The van der Waals surface area contributed by atoms with Crippen LogP contribution >= 0.6 is 15.9 Å². The second kappa shape index (κ2) is 10.1. The number of halogens is 1. The summed E-state index contributed by atoms with van der Waals surface area (Å²) in [5, 5.41) is 2.81. The van der Waals surface area contributed by atoms with Crippen LogP contribution in [0.5, 0.6) is 0 Å². The van der Waals surface area contributed by atoms with Crippen LogP contribution in [-0.2, 0) is 38.1 Å². The molecule has 2 N–H and O–H groups in total. The minimum absolute atomic E-state index is 0.0721. The van der Waals surface area contributed by atoms with Crippen LogP contribution < -0.4 is 11.0 Å². The molecule has 0 aliphatic carbocycles. The maximum Gasteiger partial charge on any atom is 0.346 e. The second-order valence-electron chi connectivity index (χ2n) is 6.18. The zero-order valence-electron chi connectivity index (χ0n) is 16.2. The quantitative estimate of drug-likeness (QED) is 0.361. The number of nitrogens with zero attached hydrogens (tertiary/aromatic N) is 1. The average molecular weight is 510 g/mol. The van der Waals surface area contributed by atoms with Crippen LogP contribution in [0.4, 0.5) is 5.82 Å². The van der Waals surface area contributed by atoms with E-state index in [-0.39, 0.29) is 12.4 Å². The molecule has 0 radical (unpaired) electrons. The van der Waals surface area contributed by atoms with E-state index in [1.165, 1.54) is 18.1 Å². The molecule has 0 spiro atoms. The fourth-order valence-electron chi connectivity index (χ4n) is 2.67. The lowest BCUT2D eigenvalue weighted by Gasteiger charge is -2.23. The molecular weight excluding hydrogens is 490 g/mol. The van der Waals surface area contributed by atoms with Crippen molar-refractivity contribution in [3.8, 4) is 0 Å². The van der Waals surface area contributed by atoms with E-state index in [9.17, 15) is 22.8 Å². The summed E-state index contributed by atoms with van der Waals surface area (Å²) in [4.78, 5) is 42.2. The number of hydrogen-bond acceptors (Lipinski definition) is 11. The zero-order valence-corrected chi connectivity index (χ0v) is 18.6. The molecule has 1 aromatic rings. The maximum atomic E-state index is 11.7. The number of rotatable bonds is 8. The molecule has 0 bridgehead atoms. The summed E-state index contributed by atoms with van der Waals surface area (Å²) in [6.07, 6.45) is -1.08. The number of hydrogen-bond donors (Lipinski definition) is 2. The largest absolute Gasteiger partial charge is 0.463 e. The van der Waals surface area contributed by atoms with Crippen molar-refractivity contribution < 1.29 is 36.4 Å². The smallest absolute Gasteiger partial charge is 0.346 e. The molecule has 1 aliphatic rings. The summed E-state index contributed by atoms with van der Waals surface area (Å²) in [6.45, 7) is 1.93. The van der Waals surface area contributed by atoms with Crippen LogP contribution in [0, 0.1) is 0 Å². The molecule has 1 aromatic heterocycles. The van der Waals surface area contributed by atoms with Crippen molar-refractivity contribution in [2.75, 3.05) is 18.2 Å². The molecule has 2 heterocycles. The predicted molar refractivity (Wildman–Crippen MR) is 107 cm³/mol. The molecular formula is C16H20BrN3O9S. The van der Waals surface area contributed by atoms with Crippen LogP contribution in [0.15, 0.2) is 16.0 Å². The van der Waals surface area contributed by atoms with Gasteiger partial charge in [-0.15, -0.1) is 0 Å². The second-order valence-corrected chi connectivity index (χ2v) is 8.31. The van der Waals surface area contributed by atoms with Crippen LogP contribution in [0.1, 0.15) is 19.4 Å². The number of carbonyl (C=O) groups excluding carboxylic acids is 2. The molecule has 1 aliphatic heterocycles. The minimum atomic E-state index is -4.00. The first-order valence-electron chi connectivity index (χ1n) is 8.47. The number of aromatic amines is 1. The highest BCUT2D eigenvalue weighted by atomic mass is 79.9. The van der Waals surface area contributed by atoms with Gasteiger partial charge in [-0.25, -0.2) is 4.79 Å². The Hall–Kier alpha value is -2.29. The Labute approximate surface area is 180 Å². The summed E-state index contributed by atoms with van der Waals surface area (Å²) >= 11 is 3.12. The Morgan fingerprint density at radius 3 is 2.60 bits per heavy atom. The highest BCUT2D eigenvalue weighted by molar-refractivity contribution is 9.11. The number of carbonyl (C=O) groups is 2. The first-order chi connectivity index (χ1) is 14.0. The first-order valence-corrected chi connectivity index (χ1v) is 11.2. The molecule has 4 atom stereocenters. The lowest BCUT2D eigenvalue weighted by molar-refractivity contribution is -0.151. The van der Waals surface area contributed by atoms with E-state index < -0.39 is 52.3 Å². The summed E-state index contributed by atoms with van der Waals surface area (Å²) < 4.78 is 44.4. The van der Waals surface area contributed by atoms with E-state index in [2.05, 4.69) is 31.2 Å². The molecule has 30 heavy (non-hydrogen) atoms. The maximum absolute atomic E-state index is 11.7. The Morgan fingerprint density at radius 2 is 2.03 bits per heavy atom. The van der Waals surface area contributed by atoms with Gasteiger partial charge in [0.1, 0.15) is 24.6 Å². The predicted octanol–water partition coefficient (Wildman–Crippen LogP) is 0.112. The van der Waals surface area contributed by atoms with E-state index in [4.69, 9.17) is 18.4 Å². The van der Waals surface area contributed by atoms with Crippen molar-refractivity contribution >= 4 is 49.9 Å². The average Bonchev–Trinajstić information content (AvgIpc) is 2.90. The minimum Gasteiger partial charge on any atom is -0.463 e. The molecule has 12 nitrogen and oxygen atoms in total. The summed E-state index contributed by atoms with van der Waals surface area (Å²) in [6, 6.07) is 0. The van der Waals surface area contributed by atoms with Crippen molar-refractivity contribution in [2.24, 2.45) is 0 Å². The molecule has 0 aromatic carbocycles. The van der Waals surface area contributed by atoms with Crippen molar-refractivity contribution in [3.63, 3.8) is 0 Å². The highest BCUT2D eigenvalue weighted by Crippen LogP contribution is 2.30.